The molecule has 0 saturated carbocycles. The van der Waals surface area contributed by atoms with E-state index in [1.165, 1.54) is 4.57 Å². The number of para-hydroxylation sites is 1. The number of carbonyl (C=O) groups is 3. The Morgan fingerprint density at radius 1 is 1.09 bits per heavy atom. The molecule has 3 aromatic rings. The standard InChI is InChI=1S/C25H29N3O4/c1-25(2,3)32-24(31)26-21(23(30)27(4)15-18-10-6-5-7-11-18)14-19-16-28(17-29)22-13-9-8-12-20(19)22/h5-13,16-17,21H,14-15H2,1-4H3,(H,26,31). The molecule has 0 aliphatic heterocycles. The molecule has 0 radical (unpaired) electrons. The highest BCUT2D eigenvalue weighted by molar-refractivity contribution is 5.91. The number of rotatable bonds is 7. The lowest BCUT2D eigenvalue weighted by Gasteiger charge is -2.26. The fourth-order valence-corrected chi connectivity index (χ4v) is 3.60. The first-order chi connectivity index (χ1) is 15.2. The van der Waals surface area contributed by atoms with Crippen molar-refractivity contribution >= 4 is 29.3 Å². The van der Waals surface area contributed by atoms with Crippen LogP contribution in [0.5, 0.6) is 0 Å². The van der Waals surface area contributed by atoms with Gasteiger partial charge in [0.25, 0.3) is 0 Å². The summed E-state index contributed by atoms with van der Waals surface area (Å²) >= 11 is 0. The van der Waals surface area contributed by atoms with Crippen molar-refractivity contribution < 1.29 is 19.1 Å². The number of carbonyl (C=O) groups excluding carboxylic acids is 3. The predicted molar refractivity (Wildman–Crippen MR) is 124 cm³/mol. The summed E-state index contributed by atoms with van der Waals surface area (Å²) in [6, 6.07) is 16.2. The summed E-state index contributed by atoms with van der Waals surface area (Å²) in [5.41, 5.74) is 1.83. The second kappa shape index (κ2) is 9.68. The molecular formula is C25H29N3O4. The number of fused-ring (bicyclic) bond motifs is 1. The molecule has 7 nitrogen and oxygen atoms in total. The molecule has 1 N–H and O–H groups in total. The molecule has 1 unspecified atom stereocenters. The Bertz CT molecular complexity index is 1100. The zero-order chi connectivity index (χ0) is 23.3. The van der Waals surface area contributed by atoms with Gasteiger partial charge in [-0.25, -0.2) is 4.79 Å². The molecule has 0 bridgehead atoms. The molecule has 0 saturated heterocycles. The lowest BCUT2D eigenvalue weighted by Crippen LogP contribution is -2.49. The van der Waals surface area contributed by atoms with Crippen LogP contribution in [0.25, 0.3) is 10.9 Å². The topological polar surface area (TPSA) is 80.6 Å². The quantitative estimate of drug-likeness (QED) is 0.573. The zero-order valence-corrected chi connectivity index (χ0v) is 18.9. The van der Waals surface area contributed by atoms with Gasteiger partial charge in [-0.3, -0.25) is 14.2 Å². The minimum atomic E-state index is -0.857. The SMILES string of the molecule is CN(Cc1ccccc1)C(=O)C(Cc1cn(C=O)c2ccccc12)NC(=O)OC(C)(C)C. The Balaban J connectivity index is 1.87. The van der Waals surface area contributed by atoms with E-state index >= 15 is 0 Å². The largest absolute Gasteiger partial charge is 0.444 e. The van der Waals surface area contributed by atoms with Crippen LogP contribution >= 0.6 is 0 Å². The Morgan fingerprint density at radius 3 is 2.41 bits per heavy atom. The smallest absolute Gasteiger partial charge is 0.408 e. The summed E-state index contributed by atoms with van der Waals surface area (Å²) in [5.74, 6) is -0.248. The lowest BCUT2D eigenvalue weighted by molar-refractivity contribution is -0.132. The summed E-state index contributed by atoms with van der Waals surface area (Å²) in [6.45, 7) is 5.70. The fourth-order valence-electron chi connectivity index (χ4n) is 3.60. The first-order valence-corrected chi connectivity index (χ1v) is 10.5. The van der Waals surface area contributed by atoms with Crippen molar-refractivity contribution in [3.05, 3.63) is 71.9 Å². The number of hydrogen-bond donors (Lipinski definition) is 1. The van der Waals surface area contributed by atoms with Crippen molar-refractivity contribution in [1.29, 1.82) is 0 Å². The van der Waals surface area contributed by atoms with E-state index in [-0.39, 0.29) is 12.3 Å². The Kier molecular flexibility index (Phi) is 6.98. The maximum absolute atomic E-state index is 13.3. The molecule has 0 fully saturated rings. The second-order valence-electron chi connectivity index (χ2n) is 8.77. The van der Waals surface area contributed by atoms with Crippen molar-refractivity contribution in [3.63, 3.8) is 0 Å². The number of hydrogen-bond acceptors (Lipinski definition) is 4. The Labute approximate surface area is 188 Å². The van der Waals surface area contributed by atoms with Gasteiger partial charge in [0.1, 0.15) is 11.6 Å². The van der Waals surface area contributed by atoms with E-state index in [9.17, 15) is 14.4 Å². The number of aromatic nitrogens is 1. The van der Waals surface area contributed by atoms with Crippen LogP contribution in [-0.2, 0) is 27.3 Å². The molecule has 3 rings (SSSR count). The molecule has 7 heteroatoms. The average Bonchev–Trinajstić information content (AvgIpc) is 3.10. The van der Waals surface area contributed by atoms with Gasteiger partial charge in [-0.2, -0.15) is 0 Å². The first-order valence-electron chi connectivity index (χ1n) is 10.5. The summed E-state index contributed by atoms with van der Waals surface area (Å²) < 4.78 is 6.87. The maximum Gasteiger partial charge on any atom is 0.408 e. The van der Waals surface area contributed by atoms with Gasteiger partial charge in [0.2, 0.25) is 12.3 Å². The van der Waals surface area contributed by atoms with E-state index in [0.717, 1.165) is 28.4 Å². The molecule has 1 heterocycles. The van der Waals surface area contributed by atoms with Gasteiger partial charge < -0.3 is 15.0 Å². The van der Waals surface area contributed by atoms with Crippen LogP contribution in [0, 0.1) is 0 Å². The Morgan fingerprint density at radius 2 is 1.75 bits per heavy atom. The maximum atomic E-state index is 13.3. The molecule has 0 aliphatic rings. The third-order valence-electron chi connectivity index (χ3n) is 4.99. The molecule has 1 aromatic heterocycles. The minimum absolute atomic E-state index is 0.221. The molecule has 32 heavy (non-hydrogen) atoms. The van der Waals surface area contributed by atoms with Crippen molar-refractivity contribution in [2.24, 2.45) is 0 Å². The fraction of sp³-hybridized carbons (Fsp3) is 0.320. The van der Waals surface area contributed by atoms with Crippen LogP contribution < -0.4 is 5.32 Å². The molecule has 0 spiro atoms. The monoisotopic (exact) mass is 435 g/mol. The number of alkyl carbamates (subject to hydrolysis) is 1. The van der Waals surface area contributed by atoms with E-state index < -0.39 is 17.7 Å². The molecule has 1 atom stereocenters. The minimum Gasteiger partial charge on any atom is -0.444 e. The number of benzene rings is 2. The lowest BCUT2D eigenvalue weighted by atomic mass is 10.0. The molecule has 2 amide bonds. The van der Waals surface area contributed by atoms with Crippen LogP contribution in [0.3, 0.4) is 0 Å². The van der Waals surface area contributed by atoms with Gasteiger partial charge >= 0.3 is 6.09 Å². The Hall–Kier alpha value is -3.61. The van der Waals surface area contributed by atoms with Crippen molar-refractivity contribution in [2.45, 2.75) is 45.4 Å². The highest BCUT2D eigenvalue weighted by Gasteiger charge is 2.28. The van der Waals surface area contributed by atoms with Crippen LogP contribution in [-0.4, -0.2) is 46.6 Å². The van der Waals surface area contributed by atoms with Gasteiger partial charge in [0, 0.05) is 31.6 Å². The molecule has 0 aliphatic carbocycles. The highest BCUT2D eigenvalue weighted by atomic mass is 16.6. The van der Waals surface area contributed by atoms with Crippen molar-refractivity contribution in [1.82, 2.24) is 14.8 Å². The molecule has 168 valence electrons. The number of ether oxygens (including phenoxy) is 1. The normalized spacial score (nSPS) is 12.2. The zero-order valence-electron chi connectivity index (χ0n) is 18.9. The molecular weight excluding hydrogens is 406 g/mol. The average molecular weight is 436 g/mol. The van der Waals surface area contributed by atoms with E-state index in [0.29, 0.717) is 6.54 Å². The second-order valence-corrected chi connectivity index (χ2v) is 8.77. The number of amides is 2. The van der Waals surface area contributed by atoms with Crippen LogP contribution in [0.1, 0.15) is 31.9 Å². The summed E-state index contributed by atoms with van der Waals surface area (Å²) in [4.78, 5) is 38.9. The summed E-state index contributed by atoms with van der Waals surface area (Å²) in [7, 11) is 1.70. The van der Waals surface area contributed by atoms with Gasteiger partial charge in [-0.05, 0) is 38.0 Å². The first kappa shape index (κ1) is 23.1. The predicted octanol–water partition coefficient (Wildman–Crippen LogP) is 3.77. The number of likely N-dealkylation sites (N-methyl/N-ethyl adjacent to an activating group) is 1. The number of nitrogens with one attached hydrogen (secondary N) is 1. The van der Waals surface area contributed by atoms with E-state index in [1.54, 1.807) is 38.9 Å². The van der Waals surface area contributed by atoms with Crippen molar-refractivity contribution in [2.75, 3.05) is 7.05 Å². The third-order valence-corrected chi connectivity index (χ3v) is 4.99. The van der Waals surface area contributed by atoms with Gasteiger partial charge in [0.15, 0.2) is 0 Å². The van der Waals surface area contributed by atoms with Gasteiger partial charge in [-0.1, -0.05) is 48.5 Å². The number of nitrogens with zero attached hydrogens (tertiary/aromatic N) is 2. The molecule has 2 aromatic carbocycles. The van der Waals surface area contributed by atoms with Crippen LogP contribution in [0.4, 0.5) is 4.79 Å². The summed E-state index contributed by atoms with van der Waals surface area (Å²) in [6.07, 6.45) is 1.98. The highest BCUT2D eigenvalue weighted by Crippen LogP contribution is 2.22. The van der Waals surface area contributed by atoms with E-state index in [1.807, 2.05) is 54.6 Å². The third kappa shape index (κ3) is 5.75. The van der Waals surface area contributed by atoms with Crippen LogP contribution in [0.15, 0.2) is 60.8 Å². The van der Waals surface area contributed by atoms with Crippen LogP contribution in [0.2, 0.25) is 0 Å². The van der Waals surface area contributed by atoms with Gasteiger partial charge in [0.05, 0.1) is 5.52 Å². The van der Waals surface area contributed by atoms with E-state index in [4.69, 9.17) is 4.74 Å². The van der Waals surface area contributed by atoms with E-state index in [2.05, 4.69) is 5.32 Å². The summed E-state index contributed by atoms with van der Waals surface area (Å²) in [5, 5.41) is 3.59. The van der Waals surface area contributed by atoms with Gasteiger partial charge in [-0.15, -0.1) is 0 Å². The van der Waals surface area contributed by atoms with Crippen molar-refractivity contribution in [3.8, 4) is 0 Å².